The van der Waals surface area contributed by atoms with Gasteiger partial charge >= 0.3 is 0 Å². The van der Waals surface area contributed by atoms with Crippen LogP contribution in [0.1, 0.15) is 57.2 Å². The second-order valence-electron chi connectivity index (χ2n) is 6.91. The van der Waals surface area contributed by atoms with E-state index < -0.39 is 0 Å². The minimum absolute atomic E-state index is 0.491. The highest BCUT2D eigenvalue weighted by atomic mass is 15.3. The molecule has 2 heterocycles. The maximum Gasteiger partial charge on any atom is 0.225 e. The van der Waals surface area contributed by atoms with Gasteiger partial charge < -0.3 is 10.2 Å². The van der Waals surface area contributed by atoms with Crippen molar-refractivity contribution in [2.45, 2.75) is 71.5 Å². The molecule has 3 rings (SSSR count). The fourth-order valence-corrected chi connectivity index (χ4v) is 3.81. The Hall–Kier alpha value is -1.16. The predicted molar refractivity (Wildman–Crippen MR) is 86.5 cm³/mol. The highest BCUT2D eigenvalue weighted by Gasteiger charge is 2.36. The number of anilines is 1. The Morgan fingerprint density at radius 3 is 2.86 bits per heavy atom. The fraction of sp³-hybridized carbons (Fsp3) is 0.765. The van der Waals surface area contributed by atoms with Crippen molar-refractivity contribution in [1.82, 2.24) is 15.3 Å². The number of hydrogen-bond acceptors (Lipinski definition) is 4. The number of aryl methyl sites for hydroxylation is 1. The standard InChI is InChI=1S/C17H28N4/c1-12(2)18-10-15-11-19-17(20-13(15)3)21-9-5-7-14-6-4-8-16(14)21/h11-12,14,16,18H,4-10H2,1-3H3. The van der Waals surface area contributed by atoms with Gasteiger partial charge in [0.1, 0.15) is 0 Å². The molecule has 1 aromatic rings. The molecule has 1 N–H and O–H groups in total. The Morgan fingerprint density at radius 2 is 2.10 bits per heavy atom. The average Bonchev–Trinajstić information content (AvgIpc) is 2.94. The van der Waals surface area contributed by atoms with E-state index in [4.69, 9.17) is 4.98 Å². The number of piperidine rings is 1. The summed E-state index contributed by atoms with van der Waals surface area (Å²) in [6, 6.07) is 1.18. The van der Waals surface area contributed by atoms with E-state index in [9.17, 15) is 0 Å². The third-order valence-electron chi connectivity index (χ3n) is 5.02. The molecule has 2 atom stereocenters. The van der Waals surface area contributed by atoms with Gasteiger partial charge in [-0.05, 0) is 38.5 Å². The van der Waals surface area contributed by atoms with Gasteiger partial charge in [-0.3, -0.25) is 0 Å². The Labute approximate surface area is 128 Å². The molecular formula is C17H28N4. The third kappa shape index (κ3) is 3.20. The van der Waals surface area contributed by atoms with E-state index in [1.165, 1.54) is 37.7 Å². The van der Waals surface area contributed by atoms with Crippen LogP contribution in [0.25, 0.3) is 0 Å². The summed E-state index contributed by atoms with van der Waals surface area (Å²) >= 11 is 0. The molecule has 1 saturated heterocycles. The number of nitrogens with one attached hydrogen (secondary N) is 1. The van der Waals surface area contributed by atoms with Crippen molar-refractivity contribution in [3.05, 3.63) is 17.5 Å². The van der Waals surface area contributed by atoms with Crippen LogP contribution in [0.15, 0.2) is 6.20 Å². The van der Waals surface area contributed by atoms with Crippen LogP contribution in [-0.2, 0) is 6.54 Å². The molecule has 0 amide bonds. The maximum absolute atomic E-state index is 4.81. The van der Waals surface area contributed by atoms with Crippen molar-refractivity contribution < 1.29 is 0 Å². The summed E-state index contributed by atoms with van der Waals surface area (Å²) in [5, 5.41) is 3.45. The lowest BCUT2D eigenvalue weighted by Gasteiger charge is -2.38. The third-order valence-corrected chi connectivity index (χ3v) is 5.02. The van der Waals surface area contributed by atoms with Gasteiger partial charge in [0.25, 0.3) is 0 Å². The Bertz CT molecular complexity index is 486. The molecule has 1 aliphatic carbocycles. The average molecular weight is 288 g/mol. The molecule has 1 saturated carbocycles. The highest BCUT2D eigenvalue weighted by Crippen LogP contribution is 2.38. The predicted octanol–water partition coefficient (Wildman–Crippen LogP) is 3.05. The molecule has 4 heteroatoms. The van der Waals surface area contributed by atoms with E-state index in [1.54, 1.807) is 0 Å². The summed E-state index contributed by atoms with van der Waals surface area (Å²) in [7, 11) is 0. The van der Waals surface area contributed by atoms with E-state index in [0.29, 0.717) is 12.1 Å². The van der Waals surface area contributed by atoms with Crippen LogP contribution in [0, 0.1) is 12.8 Å². The van der Waals surface area contributed by atoms with Crippen LogP contribution >= 0.6 is 0 Å². The quantitative estimate of drug-likeness (QED) is 0.924. The highest BCUT2D eigenvalue weighted by molar-refractivity contribution is 5.36. The number of fused-ring (bicyclic) bond motifs is 1. The SMILES string of the molecule is Cc1nc(N2CCCC3CCCC32)ncc1CNC(C)C. The summed E-state index contributed by atoms with van der Waals surface area (Å²) < 4.78 is 0. The molecule has 0 radical (unpaired) electrons. The van der Waals surface area contributed by atoms with Crippen LogP contribution in [-0.4, -0.2) is 28.6 Å². The first-order valence-corrected chi connectivity index (χ1v) is 8.47. The number of hydrogen-bond donors (Lipinski definition) is 1. The van der Waals surface area contributed by atoms with Crippen LogP contribution in [0.5, 0.6) is 0 Å². The van der Waals surface area contributed by atoms with Crippen molar-refractivity contribution in [3.63, 3.8) is 0 Å². The van der Waals surface area contributed by atoms with E-state index in [0.717, 1.165) is 30.6 Å². The van der Waals surface area contributed by atoms with Crippen molar-refractivity contribution in [1.29, 1.82) is 0 Å². The Morgan fingerprint density at radius 1 is 1.29 bits per heavy atom. The van der Waals surface area contributed by atoms with Gasteiger partial charge in [0, 0.05) is 42.6 Å². The van der Waals surface area contributed by atoms with E-state index in [-0.39, 0.29) is 0 Å². The molecule has 0 bridgehead atoms. The fourth-order valence-electron chi connectivity index (χ4n) is 3.81. The summed E-state index contributed by atoms with van der Waals surface area (Å²) in [6.45, 7) is 8.43. The van der Waals surface area contributed by atoms with Gasteiger partial charge in [-0.25, -0.2) is 9.97 Å². The van der Waals surface area contributed by atoms with Crippen molar-refractivity contribution >= 4 is 5.95 Å². The van der Waals surface area contributed by atoms with Crippen LogP contribution < -0.4 is 10.2 Å². The molecule has 0 spiro atoms. The summed E-state index contributed by atoms with van der Waals surface area (Å²) in [5.41, 5.74) is 2.33. The molecule has 1 aliphatic heterocycles. The van der Waals surface area contributed by atoms with Gasteiger partial charge in [-0.15, -0.1) is 0 Å². The molecule has 1 aromatic heterocycles. The largest absolute Gasteiger partial charge is 0.338 e. The molecule has 2 unspecified atom stereocenters. The van der Waals surface area contributed by atoms with Gasteiger partial charge in [-0.2, -0.15) is 0 Å². The zero-order chi connectivity index (χ0) is 14.8. The van der Waals surface area contributed by atoms with Gasteiger partial charge in [0.05, 0.1) is 0 Å². The molecule has 0 aromatic carbocycles. The maximum atomic E-state index is 4.81. The minimum Gasteiger partial charge on any atom is -0.338 e. The van der Waals surface area contributed by atoms with E-state index in [2.05, 4.69) is 36.0 Å². The van der Waals surface area contributed by atoms with Gasteiger partial charge in [-0.1, -0.05) is 20.3 Å². The molecule has 116 valence electrons. The van der Waals surface area contributed by atoms with Gasteiger partial charge in [0.15, 0.2) is 0 Å². The molecule has 21 heavy (non-hydrogen) atoms. The summed E-state index contributed by atoms with van der Waals surface area (Å²) in [5.74, 6) is 1.84. The monoisotopic (exact) mass is 288 g/mol. The zero-order valence-corrected chi connectivity index (χ0v) is 13.6. The van der Waals surface area contributed by atoms with Crippen molar-refractivity contribution in [3.8, 4) is 0 Å². The molecule has 2 fully saturated rings. The van der Waals surface area contributed by atoms with Crippen molar-refractivity contribution in [2.75, 3.05) is 11.4 Å². The number of aromatic nitrogens is 2. The second kappa shape index (κ2) is 6.30. The van der Waals surface area contributed by atoms with Crippen LogP contribution in [0.2, 0.25) is 0 Å². The van der Waals surface area contributed by atoms with E-state index in [1.807, 2.05) is 6.20 Å². The molecular weight excluding hydrogens is 260 g/mol. The first-order valence-electron chi connectivity index (χ1n) is 8.47. The van der Waals surface area contributed by atoms with Crippen molar-refractivity contribution in [2.24, 2.45) is 5.92 Å². The first kappa shape index (κ1) is 14.8. The summed E-state index contributed by atoms with van der Waals surface area (Å²) in [6.07, 6.45) is 8.81. The first-order chi connectivity index (χ1) is 10.1. The number of nitrogens with zero attached hydrogens (tertiary/aromatic N) is 3. The topological polar surface area (TPSA) is 41.1 Å². The lowest BCUT2D eigenvalue weighted by molar-refractivity contribution is 0.358. The lowest BCUT2D eigenvalue weighted by Crippen LogP contribution is -2.43. The zero-order valence-electron chi connectivity index (χ0n) is 13.6. The van der Waals surface area contributed by atoms with Gasteiger partial charge in [0.2, 0.25) is 5.95 Å². The van der Waals surface area contributed by atoms with Crippen LogP contribution in [0.3, 0.4) is 0 Å². The van der Waals surface area contributed by atoms with Crippen LogP contribution in [0.4, 0.5) is 5.95 Å². The second-order valence-corrected chi connectivity index (χ2v) is 6.91. The molecule has 4 nitrogen and oxygen atoms in total. The Balaban J connectivity index is 1.75. The summed E-state index contributed by atoms with van der Waals surface area (Å²) in [4.78, 5) is 12.0. The normalized spacial score (nSPS) is 25.4. The molecule has 2 aliphatic rings. The van der Waals surface area contributed by atoms with E-state index >= 15 is 0 Å². The number of rotatable bonds is 4. The minimum atomic E-state index is 0.491. The Kier molecular flexibility index (Phi) is 4.43. The lowest BCUT2D eigenvalue weighted by atomic mass is 9.92. The smallest absolute Gasteiger partial charge is 0.225 e.